The van der Waals surface area contributed by atoms with E-state index < -0.39 is 18.3 Å². The van der Waals surface area contributed by atoms with Gasteiger partial charge >= 0.3 is 12.0 Å². The Kier molecular flexibility index (Phi) is 12.8. The van der Waals surface area contributed by atoms with E-state index in [0.29, 0.717) is 18.7 Å². The summed E-state index contributed by atoms with van der Waals surface area (Å²) < 4.78 is 17.9. The number of anilines is 1. The summed E-state index contributed by atoms with van der Waals surface area (Å²) in [6, 6.07) is 31.1. The molecule has 3 amide bonds. The van der Waals surface area contributed by atoms with Crippen LogP contribution in [0.5, 0.6) is 0 Å². The number of carbonyl (C=O) groups excluding carboxylic acids is 3. The van der Waals surface area contributed by atoms with Crippen LogP contribution in [0.15, 0.2) is 102 Å². The smallest absolute Gasteiger partial charge is 0.325 e. The number of esters is 1. The number of ether oxygens (including phenoxy) is 3. The largest absolute Gasteiger partial charge is 0.465 e. The molecule has 10 nitrogen and oxygen atoms in total. The van der Waals surface area contributed by atoms with E-state index in [1.54, 1.807) is 18.7 Å². The van der Waals surface area contributed by atoms with Gasteiger partial charge in [0.05, 0.1) is 25.4 Å². The van der Waals surface area contributed by atoms with Crippen molar-refractivity contribution in [1.29, 1.82) is 0 Å². The molecule has 5 rings (SSSR count). The van der Waals surface area contributed by atoms with Crippen molar-refractivity contribution in [3.8, 4) is 11.1 Å². The summed E-state index contributed by atoms with van der Waals surface area (Å²) >= 11 is 1.69. The second-order valence-electron chi connectivity index (χ2n) is 11.5. The molecule has 0 radical (unpaired) electrons. The molecule has 11 heteroatoms. The second kappa shape index (κ2) is 17.6. The Morgan fingerprint density at radius 3 is 2.29 bits per heavy atom. The van der Waals surface area contributed by atoms with Crippen LogP contribution in [0.3, 0.4) is 0 Å². The lowest BCUT2D eigenvalue weighted by Gasteiger charge is -2.36. The first-order chi connectivity index (χ1) is 23.8. The number of aliphatic hydroxyl groups excluding tert-OH is 1. The van der Waals surface area contributed by atoms with Crippen LogP contribution in [0, 0.1) is 0 Å². The monoisotopic (exact) mass is 683 g/mol. The van der Waals surface area contributed by atoms with Gasteiger partial charge in [0.1, 0.15) is 6.54 Å². The highest BCUT2D eigenvalue weighted by Crippen LogP contribution is 2.40. The molecule has 0 aliphatic carbocycles. The zero-order valence-electron chi connectivity index (χ0n) is 27.5. The number of nitrogens with one attached hydrogen (secondary N) is 3. The fraction of sp³-hybridized carbons (Fsp3) is 0.289. The molecule has 1 aliphatic heterocycles. The Bertz CT molecular complexity index is 1700. The molecule has 1 heterocycles. The molecule has 4 aromatic carbocycles. The van der Waals surface area contributed by atoms with Gasteiger partial charge < -0.3 is 35.3 Å². The van der Waals surface area contributed by atoms with Crippen molar-refractivity contribution in [2.75, 3.05) is 24.2 Å². The number of urea groups is 1. The van der Waals surface area contributed by atoms with Crippen molar-refractivity contribution < 1.29 is 33.7 Å². The van der Waals surface area contributed by atoms with Gasteiger partial charge in [-0.3, -0.25) is 9.59 Å². The number of hydrogen-bond donors (Lipinski definition) is 4. The van der Waals surface area contributed by atoms with Gasteiger partial charge in [0, 0.05) is 41.8 Å². The predicted octanol–water partition coefficient (Wildman–Crippen LogP) is 6.50. The lowest BCUT2D eigenvalue weighted by molar-refractivity contribution is -0.245. The minimum absolute atomic E-state index is 0.0181. The summed E-state index contributed by atoms with van der Waals surface area (Å²) in [7, 11) is 0. The number of aliphatic hydroxyl groups is 1. The zero-order valence-corrected chi connectivity index (χ0v) is 28.3. The Morgan fingerprint density at radius 2 is 1.59 bits per heavy atom. The van der Waals surface area contributed by atoms with Crippen molar-refractivity contribution in [3.63, 3.8) is 0 Å². The van der Waals surface area contributed by atoms with Crippen LogP contribution in [0.25, 0.3) is 11.1 Å². The van der Waals surface area contributed by atoms with E-state index in [2.05, 4.69) is 16.0 Å². The maximum Gasteiger partial charge on any atom is 0.325 e. The third kappa shape index (κ3) is 10.7. The summed E-state index contributed by atoms with van der Waals surface area (Å²) in [6.45, 7) is 3.55. The number of thioether (sulfide) groups is 1. The molecule has 0 aromatic heterocycles. The fourth-order valence-corrected chi connectivity index (χ4v) is 6.27. The molecule has 0 bridgehead atoms. The average Bonchev–Trinajstić information content (AvgIpc) is 3.13. The minimum atomic E-state index is -0.582. The first-order valence-electron chi connectivity index (χ1n) is 16.2. The van der Waals surface area contributed by atoms with Crippen molar-refractivity contribution >= 4 is 35.4 Å². The Hall–Kier alpha value is -4.68. The molecule has 3 atom stereocenters. The molecule has 256 valence electrons. The van der Waals surface area contributed by atoms with Crippen LogP contribution in [0.4, 0.5) is 10.5 Å². The van der Waals surface area contributed by atoms with E-state index in [-0.39, 0.29) is 37.9 Å². The second-order valence-corrected chi connectivity index (χ2v) is 12.6. The van der Waals surface area contributed by atoms with E-state index >= 15 is 0 Å². The Labute approximate surface area is 290 Å². The molecule has 0 spiro atoms. The van der Waals surface area contributed by atoms with E-state index in [1.165, 1.54) is 6.92 Å². The van der Waals surface area contributed by atoms with Crippen LogP contribution in [0.2, 0.25) is 0 Å². The van der Waals surface area contributed by atoms with E-state index in [9.17, 15) is 19.5 Å². The SMILES string of the molecule is CCOC(=O)CNC(=O)NCc1cccc(-c2ccc(C3OC(CSc4ccc(NC(C)=O)cc4)CC(c4ccc(CO)cc4)O3)cc2)c1. The van der Waals surface area contributed by atoms with Gasteiger partial charge in [-0.15, -0.1) is 11.8 Å². The van der Waals surface area contributed by atoms with Gasteiger partial charge in [-0.1, -0.05) is 66.7 Å². The number of hydrogen-bond acceptors (Lipinski definition) is 8. The number of benzene rings is 4. The normalized spacial score (nSPS) is 17.2. The third-order valence-corrected chi connectivity index (χ3v) is 8.96. The number of carbonyl (C=O) groups is 3. The van der Waals surface area contributed by atoms with Crippen molar-refractivity contribution in [3.05, 3.63) is 119 Å². The molecule has 4 N–H and O–H groups in total. The first kappa shape index (κ1) is 35.6. The molecule has 1 aliphatic rings. The summed E-state index contributed by atoms with van der Waals surface area (Å²) in [5.74, 6) is 0.120. The first-order valence-corrected chi connectivity index (χ1v) is 17.2. The van der Waals surface area contributed by atoms with Gasteiger partial charge in [-0.05, 0) is 65.1 Å². The molecular formula is C38H41N3O7S. The van der Waals surface area contributed by atoms with Crippen molar-refractivity contribution in [1.82, 2.24) is 10.6 Å². The maximum absolute atomic E-state index is 12.1. The predicted molar refractivity (Wildman–Crippen MR) is 189 cm³/mol. The molecule has 4 aromatic rings. The highest BCUT2D eigenvalue weighted by atomic mass is 32.2. The van der Waals surface area contributed by atoms with Crippen LogP contribution >= 0.6 is 11.8 Å². The molecule has 1 fully saturated rings. The van der Waals surface area contributed by atoms with Gasteiger partial charge in [0.2, 0.25) is 5.91 Å². The van der Waals surface area contributed by atoms with Gasteiger partial charge in [0.15, 0.2) is 6.29 Å². The summed E-state index contributed by atoms with van der Waals surface area (Å²) in [5.41, 5.74) is 6.42. The summed E-state index contributed by atoms with van der Waals surface area (Å²) in [6.07, 6.45) is -0.204. The van der Waals surface area contributed by atoms with Gasteiger partial charge in [-0.2, -0.15) is 0 Å². The highest BCUT2D eigenvalue weighted by molar-refractivity contribution is 7.99. The van der Waals surface area contributed by atoms with Gasteiger partial charge in [0.25, 0.3) is 0 Å². The van der Waals surface area contributed by atoms with Crippen molar-refractivity contribution in [2.24, 2.45) is 0 Å². The van der Waals surface area contributed by atoms with Crippen LogP contribution in [-0.4, -0.2) is 48.0 Å². The van der Waals surface area contributed by atoms with Gasteiger partial charge in [-0.25, -0.2) is 4.79 Å². The molecular weight excluding hydrogens is 642 g/mol. The van der Waals surface area contributed by atoms with Crippen LogP contribution in [-0.2, 0) is 37.0 Å². The third-order valence-electron chi connectivity index (χ3n) is 7.82. The number of rotatable bonds is 13. The quantitative estimate of drug-likeness (QED) is 0.0927. The maximum atomic E-state index is 12.1. The average molecular weight is 684 g/mol. The molecule has 3 unspecified atom stereocenters. The molecule has 49 heavy (non-hydrogen) atoms. The Morgan fingerprint density at radius 1 is 0.857 bits per heavy atom. The highest BCUT2D eigenvalue weighted by Gasteiger charge is 2.32. The van der Waals surface area contributed by atoms with Crippen LogP contribution in [0.1, 0.15) is 54.9 Å². The minimum Gasteiger partial charge on any atom is -0.465 e. The fourth-order valence-electron chi connectivity index (χ4n) is 5.35. The van der Waals surface area contributed by atoms with Crippen LogP contribution < -0.4 is 16.0 Å². The zero-order chi connectivity index (χ0) is 34.6. The van der Waals surface area contributed by atoms with E-state index in [1.807, 2.05) is 97.1 Å². The summed E-state index contributed by atoms with van der Waals surface area (Å²) in [4.78, 5) is 36.0. The lowest BCUT2D eigenvalue weighted by atomic mass is 9.99. The van der Waals surface area contributed by atoms with Crippen molar-refractivity contribution in [2.45, 2.75) is 56.8 Å². The van der Waals surface area contributed by atoms with E-state index in [0.717, 1.165) is 44.0 Å². The Balaban J connectivity index is 1.25. The number of amides is 3. The molecule has 1 saturated heterocycles. The lowest BCUT2D eigenvalue weighted by Crippen LogP contribution is -2.38. The van der Waals surface area contributed by atoms with E-state index in [4.69, 9.17) is 14.2 Å². The summed E-state index contributed by atoms with van der Waals surface area (Å²) in [5, 5.41) is 17.6. The molecule has 0 saturated carbocycles. The standard InChI is InChI=1S/C38H41N3O7S/c1-3-46-36(44)22-40-38(45)39-21-27-5-4-6-31(19-27)28-11-13-30(14-12-28)37-47-33(20-35(48-37)29-9-7-26(23-42)8-10-29)24-49-34-17-15-32(16-18-34)41-25(2)43/h4-19,33,35,37,42H,3,20-24H2,1-2H3,(H,41,43)(H2,39,40,45). The topological polar surface area (TPSA) is 135 Å².